The molecule has 0 spiro atoms. The van der Waals surface area contributed by atoms with Gasteiger partial charge in [0.25, 0.3) is 5.95 Å². The summed E-state index contributed by atoms with van der Waals surface area (Å²) < 4.78 is 40.2. The van der Waals surface area contributed by atoms with Crippen LogP contribution in [0.1, 0.15) is 26.5 Å². The molecule has 2 aliphatic heterocycles. The van der Waals surface area contributed by atoms with E-state index in [1.54, 1.807) is 29.3 Å². The van der Waals surface area contributed by atoms with Crippen molar-refractivity contribution in [1.29, 1.82) is 5.26 Å². The zero-order valence-corrected chi connectivity index (χ0v) is 22.6. The maximum atomic E-state index is 15.2. The number of nitriles is 1. The van der Waals surface area contributed by atoms with Crippen molar-refractivity contribution >= 4 is 17.9 Å². The molecule has 0 N–H and O–H groups in total. The molecule has 212 valence electrons. The molecule has 0 bridgehead atoms. The Morgan fingerprint density at radius 3 is 2.49 bits per heavy atom. The Balaban J connectivity index is 1.13. The number of carbonyl (C=O) groups is 2. The number of hydrogen-bond acceptors (Lipinski definition) is 8. The molecule has 0 radical (unpaired) electrons. The second kappa shape index (κ2) is 9.50. The number of ether oxygens (including phenoxy) is 2. The van der Waals surface area contributed by atoms with Gasteiger partial charge in [0.15, 0.2) is 0 Å². The van der Waals surface area contributed by atoms with Gasteiger partial charge in [0.05, 0.1) is 36.7 Å². The number of rotatable bonds is 5. The summed E-state index contributed by atoms with van der Waals surface area (Å²) >= 11 is 0. The van der Waals surface area contributed by atoms with E-state index in [0.29, 0.717) is 29.9 Å². The number of likely N-dealkylation sites (tertiary alicyclic amines) is 1. The number of fused-ring (bicyclic) bond motifs is 1. The van der Waals surface area contributed by atoms with Crippen molar-refractivity contribution in [3.63, 3.8) is 0 Å². The van der Waals surface area contributed by atoms with Gasteiger partial charge < -0.3 is 14.4 Å². The monoisotopic (exact) mass is 563 g/mol. The lowest BCUT2D eigenvalue weighted by Crippen LogP contribution is -2.39. The summed E-state index contributed by atoms with van der Waals surface area (Å²) in [5.74, 6) is -1.42. The first-order valence-electron chi connectivity index (χ1n) is 13.2. The third kappa shape index (κ3) is 4.73. The van der Waals surface area contributed by atoms with Crippen molar-refractivity contribution in [2.24, 2.45) is 11.8 Å². The summed E-state index contributed by atoms with van der Waals surface area (Å²) in [4.78, 5) is 32.2. The molecule has 1 aromatic carbocycles. The molecule has 1 saturated carbocycles. The van der Waals surface area contributed by atoms with E-state index in [0.717, 1.165) is 6.20 Å². The molecule has 6 rings (SSSR count). The maximum absolute atomic E-state index is 15.2. The van der Waals surface area contributed by atoms with E-state index in [-0.39, 0.29) is 36.7 Å². The van der Waals surface area contributed by atoms with E-state index in [9.17, 15) is 19.2 Å². The lowest BCUT2D eigenvalue weighted by Gasteiger charge is -2.27. The number of hydrogen-bond donors (Lipinski definition) is 0. The molecule has 13 heteroatoms. The highest BCUT2D eigenvalue weighted by molar-refractivity contribution is 5.90. The van der Waals surface area contributed by atoms with Crippen LogP contribution in [0.25, 0.3) is 11.1 Å². The number of benzene rings is 1. The van der Waals surface area contributed by atoms with Crippen LogP contribution in [0.5, 0.6) is 0 Å². The van der Waals surface area contributed by atoms with Gasteiger partial charge in [-0.15, -0.1) is 0 Å². The van der Waals surface area contributed by atoms with Gasteiger partial charge in [-0.05, 0) is 44.5 Å². The summed E-state index contributed by atoms with van der Waals surface area (Å²) in [6.07, 6.45) is 0.937. The average molecular weight is 564 g/mol. The maximum Gasteiger partial charge on any atom is 0.414 e. The van der Waals surface area contributed by atoms with Gasteiger partial charge in [0.2, 0.25) is 0 Å². The highest BCUT2D eigenvalue weighted by Crippen LogP contribution is 2.62. The van der Waals surface area contributed by atoms with E-state index >= 15 is 4.39 Å². The van der Waals surface area contributed by atoms with Crippen molar-refractivity contribution in [1.82, 2.24) is 24.9 Å². The van der Waals surface area contributed by atoms with Crippen LogP contribution >= 0.6 is 0 Å². The minimum absolute atomic E-state index is 0.0253. The molecule has 4 heterocycles. The van der Waals surface area contributed by atoms with Gasteiger partial charge in [-0.3, -0.25) is 9.88 Å². The fourth-order valence-electron chi connectivity index (χ4n) is 5.81. The van der Waals surface area contributed by atoms with Crippen LogP contribution in [0.15, 0.2) is 42.7 Å². The molecule has 2 aromatic heterocycles. The number of halogens is 2. The van der Waals surface area contributed by atoms with Gasteiger partial charge >= 0.3 is 12.2 Å². The summed E-state index contributed by atoms with van der Waals surface area (Å²) in [7, 11) is 0. The molecular weight excluding hydrogens is 536 g/mol. The Hall–Kier alpha value is -4.60. The van der Waals surface area contributed by atoms with Crippen LogP contribution in [-0.2, 0) is 21.4 Å². The van der Waals surface area contributed by atoms with Crippen molar-refractivity contribution in [3.05, 3.63) is 60.2 Å². The van der Waals surface area contributed by atoms with Crippen molar-refractivity contribution in [3.8, 4) is 17.2 Å². The minimum Gasteiger partial charge on any atom is -0.444 e. The molecule has 3 aliphatic rings. The highest BCUT2D eigenvalue weighted by Gasteiger charge is 2.71. The number of amides is 2. The number of nitrogens with zero attached hydrogens (tertiary/aromatic N) is 7. The molecule has 2 amide bonds. The topological polar surface area (TPSA) is 126 Å². The first-order chi connectivity index (χ1) is 19.5. The standard InChI is InChI=1S/C28H27F2N7O4/c1-27(2,3)41-25(38)35-12-19-20(13-35)28(19,15-31)23-7-5-17(9-32-23)16-4-6-22(21(29)8-16)37-11-18(40-26(37)39)10-36-14-24(30)33-34-36/h4-9,14,18-20H,10-13H2,1-3H3/t18-,19-,20+,28?/m0/s1. The second-order valence-electron chi connectivity index (χ2n) is 11.6. The van der Waals surface area contributed by atoms with E-state index in [4.69, 9.17) is 9.47 Å². The first kappa shape index (κ1) is 26.6. The SMILES string of the molecule is CC(C)(C)OC(=O)N1C[C@@H]2[C@H](C1)C2(C#N)c1ccc(-c2ccc(N3C[C@H](Cn4cc(F)nn4)OC3=O)c(F)c2)cn1. The van der Waals surface area contributed by atoms with E-state index < -0.39 is 35.0 Å². The Bertz CT molecular complexity index is 1550. The molecule has 41 heavy (non-hydrogen) atoms. The number of pyridine rings is 1. The van der Waals surface area contributed by atoms with Crippen LogP contribution in [0.2, 0.25) is 0 Å². The first-order valence-corrected chi connectivity index (χ1v) is 13.2. The minimum atomic E-state index is -0.767. The predicted molar refractivity (Wildman–Crippen MR) is 139 cm³/mol. The summed E-state index contributed by atoms with van der Waals surface area (Å²) in [6, 6.07) is 10.5. The van der Waals surface area contributed by atoms with Crippen LogP contribution < -0.4 is 4.90 Å². The van der Waals surface area contributed by atoms with E-state index in [1.807, 2.05) is 20.8 Å². The van der Waals surface area contributed by atoms with Crippen molar-refractivity contribution in [2.45, 2.75) is 44.4 Å². The fraction of sp³-hybridized carbons (Fsp3) is 0.429. The van der Waals surface area contributed by atoms with Crippen LogP contribution in [-0.4, -0.2) is 68.4 Å². The lowest BCUT2D eigenvalue weighted by molar-refractivity contribution is 0.0265. The molecule has 3 aromatic rings. The second-order valence-corrected chi connectivity index (χ2v) is 11.6. The number of anilines is 1. The van der Waals surface area contributed by atoms with Gasteiger partial charge in [0, 0.05) is 36.7 Å². The van der Waals surface area contributed by atoms with Crippen molar-refractivity contribution < 1.29 is 27.8 Å². The third-order valence-electron chi connectivity index (χ3n) is 7.75. The summed E-state index contributed by atoms with van der Waals surface area (Å²) in [5.41, 5.74) is 0.509. The molecule has 1 aliphatic carbocycles. The fourth-order valence-corrected chi connectivity index (χ4v) is 5.81. The molecular formula is C28H27F2N7O4. The Labute approximate surface area is 234 Å². The number of carbonyl (C=O) groups excluding carboxylic acids is 2. The van der Waals surface area contributed by atoms with Gasteiger partial charge in [0.1, 0.15) is 22.9 Å². The number of aromatic nitrogens is 4. The lowest BCUT2D eigenvalue weighted by atomic mass is 9.95. The number of cyclic esters (lactones) is 1. The van der Waals surface area contributed by atoms with Crippen LogP contribution in [0, 0.1) is 34.9 Å². The average Bonchev–Trinajstić information content (AvgIpc) is 3.34. The summed E-state index contributed by atoms with van der Waals surface area (Å²) in [5, 5.41) is 16.9. The predicted octanol–water partition coefficient (Wildman–Crippen LogP) is 3.90. The Kier molecular flexibility index (Phi) is 6.17. The zero-order valence-electron chi connectivity index (χ0n) is 22.6. The normalized spacial score (nSPS) is 25.1. The van der Waals surface area contributed by atoms with Crippen LogP contribution in [0.4, 0.5) is 24.1 Å². The third-order valence-corrected chi connectivity index (χ3v) is 7.75. The molecule has 1 unspecified atom stereocenters. The quantitative estimate of drug-likeness (QED) is 0.458. The highest BCUT2D eigenvalue weighted by atomic mass is 19.1. The Morgan fingerprint density at radius 2 is 1.90 bits per heavy atom. The van der Waals surface area contributed by atoms with Gasteiger partial charge in [-0.1, -0.05) is 22.4 Å². The van der Waals surface area contributed by atoms with Gasteiger partial charge in [-0.25, -0.2) is 18.7 Å². The van der Waals surface area contributed by atoms with Crippen LogP contribution in [0.3, 0.4) is 0 Å². The number of piperidine rings is 1. The largest absolute Gasteiger partial charge is 0.444 e. The molecule has 4 atom stereocenters. The zero-order chi connectivity index (χ0) is 29.1. The molecule has 11 nitrogen and oxygen atoms in total. The van der Waals surface area contributed by atoms with E-state index in [1.165, 1.54) is 21.7 Å². The van der Waals surface area contributed by atoms with Crippen molar-refractivity contribution in [2.75, 3.05) is 24.5 Å². The Morgan fingerprint density at radius 1 is 1.17 bits per heavy atom. The molecule has 3 fully saturated rings. The van der Waals surface area contributed by atoms with E-state index in [2.05, 4.69) is 21.4 Å². The summed E-state index contributed by atoms with van der Waals surface area (Å²) in [6.45, 7) is 6.45. The molecule has 2 saturated heterocycles. The smallest absolute Gasteiger partial charge is 0.414 e. The van der Waals surface area contributed by atoms with Gasteiger partial charge in [-0.2, -0.15) is 9.65 Å².